The van der Waals surface area contributed by atoms with Crippen molar-refractivity contribution in [2.24, 2.45) is 5.73 Å². The molecule has 1 aromatic rings. The highest BCUT2D eigenvalue weighted by molar-refractivity contribution is 5.95. The molecule has 2 rings (SSSR count). The zero-order valence-corrected chi connectivity index (χ0v) is 12.8. The minimum Gasteiger partial charge on any atom is -0.493 e. The van der Waals surface area contributed by atoms with E-state index in [9.17, 15) is 4.79 Å². The molecule has 1 amide bonds. The molecule has 0 aliphatic heterocycles. The van der Waals surface area contributed by atoms with Crippen molar-refractivity contribution in [3.8, 4) is 11.5 Å². The summed E-state index contributed by atoms with van der Waals surface area (Å²) < 4.78 is 10.5. The van der Waals surface area contributed by atoms with Crippen LogP contribution in [0.25, 0.3) is 0 Å². The summed E-state index contributed by atoms with van der Waals surface area (Å²) in [6.45, 7) is 1.32. The van der Waals surface area contributed by atoms with E-state index in [0.29, 0.717) is 36.2 Å². The Hall–Kier alpha value is -1.75. The van der Waals surface area contributed by atoms with Crippen LogP contribution in [0.2, 0.25) is 0 Å². The Morgan fingerprint density at radius 1 is 1.29 bits per heavy atom. The van der Waals surface area contributed by atoms with Gasteiger partial charge in [-0.15, -0.1) is 0 Å². The first-order valence-electron chi connectivity index (χ1n) is 7.44. The quantitative estimate of drug-likeness (QED) is 0.835. The lowest BCUT2D eigenvalue weighted by molar-refractivity contribution is 0.0578. The van der Waals surface area contributed by atoms with Crippen molar-refractivity contribution in [3.05, 3.63) is 23.8 Å². The van der Waals surface area contributed by atoms with E-state index in [1.807, 2.05) is 4.90 Å². The molecule has 0 spiro atoms. The van der Waals surface area contributed by atoms with Crippen LogP contribution in [-0.2, 0) is 0 Å². The van der Waals surface area contributed by atoms with E-state index in [1.165, 1.54) is 6.42 Å². The zero-order chi connectivity index (χ0) is 15.2. The number of nitrogens with two attached hydrogens (primary N) is 1. The molecule has 21 heavy (non-hydrogen) atoms. The monoisotopic (exact) mass is 292 g/mol. The number of rotatable bonds is 7. The predicted octanol–water partition coefficient (Wildman–Crippen LogP) is 2.05. The molecular weight excluding hydrogens is 268 g/mol. The normalized spacial score (nSPS) is 14.4. The highest BCUT2D eigenvalue weighted by Crippen LogP contribution is 2.30. The Labute approximate surface area is 126 Å². The minimum atomic E-state index is 0.0501. The lowest BCUT2D eigenvalue weighted by atomic mass is 9.90. The van der Waals surface area contributed by atoms with Gasteiger partial charge >= 0.3 is 0 Å². The van der Waals surface area contributed by atoms with Crippen LogP contribution in [0.3, 0.4) is 0 Å². The fourth-order valence-corrected chi connectivity index (χ4v) is 2.55. The number of carbonyl (C=O) groups excluding carboxylic acids is 1. The molecule has 5 nitrogen and oxygen atoms in total. The SMILES string of the molecule is COc1ccc(C(=O)N(CCCN)C2CCC2)cc1OC. The molecule has 1 aliphatic carbocycles. The molecule has 116 valence electrons. The third-order valence-electron chi connectivity index (χ3n) is 4.01. The van der Waals surface area contributed by atoms with Crippen molar-refractivity contribution in [3.63, 3.8) is 0 Å². The average molecular weight is 292 g/mol. The molecule has 1 fully saturated rings. The van der Waals surface area contributed by atoms with Gasteiger partial charge in [0.2, 0.25) is 0 Å². The van der Waals surface area contributed by atoms with Gasteiger partial charge < -0.3 is 20.1 Å². The summed E-state index contributed by atoms with van der Waals surface area (Å²) in [5.74, 6) is 1.26. The van der Waals surface area contributed by atoms with Crippen LogP contribution in [0.15, 0.2) is 18.2 Å². The number of hydrogen-bond acceptors (Lipinski definition) is 4. The first kappa shape index (κ1) is 15.6. The standard InChI is InChI=1S/C16H24N2O3/c1-20-14-8-7-12(11-15(14)21-2)16(19)18(10-4-9-17)13-5-3-6-13/h7-8,11,13H,3-6,9-10,17H2,1-2H3. The predicted molar refractivity (Wildman–Crippen MR) is 81.9 cm³/mol. The molecule has 0 aromatic heterocycles. The Balaban J connectivity index is 2.19. The molecule has 1 aliphatic rings. The van der Waals surface area contributed by atoms with Crippen molar-refractivity contribution in [1.29, 1.82) is 0 Å². The largest absolute Gasteiger partial charge is 0.493 e. The van der Waals surface area contributed by atoms with Gasteiger partial charge in [0.25, 0.3) is 5.91 Å². The van der Waals surface area contributed by atoms with E-state index in [4.69, 9.17) is 15.2 Å². The van der Waals surface area contributed by atoms with Crippen LogP contribution >= 0.6 is 0 Å². The molecule has 0 heterocycles. The highest BCUT2D eigenvalue weighted by atomic mass is 16.5. The summed E-state index contributed by atoms with van der Waals surface area (Å²) in [7, 11) is 3.16. The molecule has 2 N–H and O–H groups in total. The van der Waals surface area contributed by atoms with Gasteiger partial charge in [-0.05, 0) is 50.4 Å². The van der Waals surface area contributed by atoms with E-state index < -0.39 is 0 Å². The minimum absolute atomic E-state index is 0.0501. The molecule has 0 saturated heterocycles. The van der Waals surface area contributed by atoms with Gasteiger partial charge in [-0.25, -0.2) is 0 Å². The summed E-state index contributed by atoms with van der Waals surface area (Å²) >= 11 is 0. The lowest BCUT2D eigenvalue weighted by Gasteiger charge is -2.37. The third kappa shape index (κ3) is 3.47. The Morgan fingerprint density at radius 3 is 2.52 bits per heavy atom. The molecular formula is C16H24N2O3. The van der Waals surface area contributed by atoms with Crippen molar-refractivity contribution < 1.29 is 14.3 Å². The summed E-state index contributed by atoms with van der Waals surface area (Å²) in [5.41, 5.74) is 6.22. The number of nitrogens with zero attached hydrogens (tertiary/aromatic N) is 1. The maximum Gasteiger partial charge on any atom is 0.254 e. The van der Waals surface area contributed by atoms with Gasteiger partial charge in [-0.1, -0.05) is 0 Å². The van der Waals surface area contributed by atoms with Gasteiger partial charge in [0, 0.05) is 18.2 Å². The van der Waals surface area contributed by atoms with Crippen LogP contribution in [0.5, 0.6) is 11.5 Å². The number of hydrogen-bond donors (Lipinski definition) is 1. The Kier molecular flexibility index (Phi) is 5.44. The van der Waals surface area contributed by atoms with Crippen molar-refractivity contribution in [2.45, 2.75) is 31.7 Å². The summed E-state index contributed by atoms with van der Waals surface area (Å²) in [5, 5.41) is 0. The van der Waals surface area contributed by atoms with Crippen molar-refractivity contribution in [2.75, 3.05) is 27.3 Å². The second kappa shape index (κ2) is 7.31. The van der Waals surface area contributed by atoms with E-state index in [0.717, 1.165) is 19.3 Å². The maximum absolute atomic E-state index is 12.7. The number of benzene rings is 1. The van der Waals surface area contributed by atoms with Crippen LogP contribution in [0, 0.1) is 0 Å². The highest BCUT2D eigenvalue weighted by Gasteiger charge is 2.29. The van der Waals surface area contributed by atoms with Crippen molar-refractivity contribution in [1.82, 2.24) is 4.90 Å². The fraction of sp³-hybridized carbons (Fsp3) is 0.562. The molecule has 0 atom stereocenters. The van der Waals surface area contributed by atoms with E-state index in [-0.39, 0.29) is 5.91 Å². The van der Waals surface area contributed by atoms with Crippen LogP contribution in [0.1, 0.15) is 36.0 Å². The Bertz CT molecular complexity index is 486. The van der Waals surface area contributed by atoms with Crippen LogP contribution in [-0.4, -0.2) is 44.2 Å². The molecule has 0 unspecified atom stereocenters. The Morgan fingerprint density at radius 2 is 2.00 bits per heavy atom. The average Bonchev–Trinajstić information content (AvgIpc) is 2.47. The number of methoxy groups -OCH3 is 2. The number of amides is 1. The van der Waals surface area contributed by atoms with Crippen LogP contribution < -0.4 is 15.2 Å². The molecule has 1 saturated carbocycles. The second-order valence-corrected chi connectivity index (χ2v) is 5.30. The topological polar surface area (TPSA) is 64.8 Å². The second-order valence-electron chi connectivity index (χ2n) is 5.30. The fourth-order valence-electron chi connectivity index (χ4n) is 2.55. The summed E-state index contributed by atoms with van der Waals surface area (Å²) in [6, 6.07) is 5.67. The van der Waals surface area contributed by atoms with Gasteiger partial charge in [0.1, 0.15) is 0 Å². The van der Waals surface area contributed by atoms with Gasteiger partial charge in [-0.2, -0.15) is 0 Å². The summed E-state index contributed by atoms with van der Waals surface area (Å²) in [4.78, 5) is 14.7. The molecule has 5 heteroatoms. The number of carbonyl (C=O) groups is 1. The summed E-state index contributed by atoms with van der Waals surface area (Å²) in [6.07, 6.45) is 4.20. The molecule has 0 bridgehead atoms. The lowest BCUT2D eigenvalue weighted by Crippen LogP contribution is -2.45. The maximum atomic E-state index is 12.7. The van der Waals surface area contributed by atoms with Crippen molar-refractivity contribution >= 4 is 5.91 Å². The zero-order valence-electron chi connectivity index (χ0n) is 12.8. The third-order valence-corrected chi connectivity index (χ3v) is 4.01. The smallest absolute Gasteiger partial charge is 0.254 e. The van der Waals surface area contributed by atoms with Gasteiger partial charge in [0.15, 0.2) is 11.5 Å². The first-order valence-corrected chi connectivity index (χ1v) is 7.44. The van der Waals surface area contributed by atoms with Crippen LogP contribution in [0.4, 0.5) is 0 Å². The van der Waals surface area contributed by atoms with Gasteiger partial charge in [0.05, 0.1) is 14.2 Å². The van der Waals surface area contributed by atoms with E-state index >= 15 is 0 Å². The molecule has 1 aromatic carbocycles. The number of ether oxygens (including phenoxy) is 2. The first-order chi connectivity index (χ1) is 10.2. The van der Waals surface area contributed by atoms with E-state index in [2.05, 4.69) is 0 Å². The van der Waals surface area contributed by atoms with E-state index in [1.54, 1.807) is 32.4 Å². The van der Waals surface area contributed by atoms with Gasteiger partial charge in [-0.3, -0.25) is 4.79 Å². The molecule has 0 radical (unpaired) electrons.